The molecule has 1 saturated heterocycles. The third-order valence-corrected chi connectivity index (χ3v) is 5.02. The number of carbonyl (C=O) groups excluding carboxylic acids is 1. The van der Waals surface area contributed by atoms with E-state index in [1.165, 1.54) is 0 Å². The summed E-state index contributed by atoms with van der Waals surface area (Å²) in [5.74, 6) is 1.46. The van der Waals surface area contributed by atoms with E-state index >= 15 is 0 Å². The van der Waals surface area contributed by atoms with Gasteiger partial charge in [-0.2, -0.15) is 0 Å². The van der Waals surface area contributed by atoms with Gasteiger partial charge in [-0.05, 0) is 29.8 Å². The highest BCUT2D eigenvalue weighted by Crippen LogP contribution is 2.33. The lowest BCUT2D eigenvalue weighted by molar-refractivity contribution is 0.0472. The van der Waals surface area contributed by atoms with Crippen molar-refractivity contribution in [2.45, 2.75) is 25.0 Å². The molecule has 25 heavy (non-hydrogen) atoms. The molecule has 0 aliphatic carbocycles. The number of pyridine rings is 1. The van der Waals surface area contributed by atoms with E-state index in [1.807, 2.05) is 30.3 Å². The van der Waals surface area contributed by atoms with E-state index in [1.54, 1.807) is 12.3 Å². The standard InChI is InChI=1S/C19H21N3O3/c23-12-14-5-8-20-17(11-14)22-9-6-19(7-10-22)13-21-18(24)15-3-1-2-4-16(15)25-19/h1-5,8,11,23H,6-7,9-10,12-13H2,(H,21,24). The van der Waals surface area contributed by atoms with Crippen molar-refractivity contribution in [3.05, 3.63) is 53.7 Å². The summed E-state index contributed by atoms with van der Waals surface area (Å²) in [6, 6.07) is 11.1. The van der Waals surface area contributed by atoms with Gasteiger partial charge in [-0.3, -0.25) is 4.79 Å². The molecule has 6 heteroatoms. The third-order valence-electron chi connectivity index (χ3n) is 5.02. The van der Waals surface area contributed by atoms with Crippen molar-refractivity contribution in [2.24, 2.45) is 0 Å². The lowest BCUT2D eigenvalue weighted by atomic mass is 9.91. The maximum Gasteiger partial charge on any atom is 0.255 e. The minimum Gasteiger partial charge on any atom is -0.484 e. The Balaban J connectivity index is 1.52. The Morgan fingerprint density at radius 1 is 1.24 bits per heavy atom. The molecule has 2 N–H and O–H groups in total. The second-order valence-corrected chi connectivity index (χ2v) is 6.63. The number of para-hydroxylation sites is 1. The summed E-state index contributed by atoms with van der Waals surface area (Å²) in [5, 5.41) is 12.3. The number of aliphatic hydroxyl groups is 1. The Morgan fingerprint density at radius 3 is 2.84 bits per heavy atom. The normalized spacial score (nSPS) is 18.9. The number of fused-ring (bicyclic) bond motifs is 1. The fraction of sp³-hybridized carbons (Fsp3) is 0.368. The molecule has 4 rings (SSSR count). The number of rotatable bonds is 2. The number of aromatic nitrogens is 1. The fourth-order valence-electron chi connectivity index (χ4n) is 3.50. The van der Waals surface area contributed by atoms with Crippen molar-refractivity contribution < 1.29 is 14.6 Å². The predicted octanol–water partition coefficient (Wildman–Crippen LogP) is 1.74. The molecule has 0 radical (unpaired) electrons. The first-order valence-corrected chi connectivity index (χ1v) is 8.56. The van der Waals surface area contributed by atoms with Gasteiger partial charge >= 0.3 is 0 Å². The quantitative estimate of drug-likeness (QED) is 0.872. The van der Waals surface area contributed by atoms with Gasteiger partial charge in [0.15, 0.2) is 0 Å². The molecule has 0 bridgehead atoms. The molecule has 130 valence electrons. The van der Waals surface area contributed by atoms with E-state index in [0.29, 0.717) is 17.9 Å². The van der Waals surface area contributed by atoms with Crippen molar-refractivity contribution in [2.75, 3.05) is 24.5 Å². The molecule has 2 aliphatic heterocycles. The van der Waals surface area contributed by atoms with Gasteiger partial charge in [0.2, 0.25) is 0 Å². The van der Waals surface area contributed by atoms with Gasteiger partial charge in [-0.25, -0.2) is 4.98 Å². The van der Waals surface area contributed by atoms with Crippen molar-refractivity contribution in [1.82, 2.24) is 10.3 Å². The van der Waals surface area contributed by atoms with Crippen LogP contribution in [0.1, 0.15) is 28.8 Å². The largest absolute Gasteiger partial charge is 0.484 e. The molecule has 1 aromatic heterocycles. The number of nitrogens with one attached hydrogen (secondary N) is 1. The number of nitrogens with zero attached hydrogens (tertiary/aromatic N) is 2. The Bertz CT molecular complexity index is 785. The topological polar surface area (TPSA) is 74.7 Å². The maximum absolute atomic E-state index is 12.3. The Labute approximate surface area is 146 Å². The van der Waals surface area contributed by atoms with Gasteiger partial charge in [0, 0.05) is 32.1 Å². The minimum atomic E-state index is -0.382. The van der Waals surface area contributed by atoms with Gasteiger partial charge in [-0.1, -0.05) is 12.1 Å². The molecule has 1 aromatic carbocycles. The number of amides is 1. The average Bonchev–Trinajstić information content (AvgIpc) is 2.80. The number of carbonyl (C=O) groups is 1. The summed E-state index contributed by atoms with van der Waals surface area (Å²) in [5.41, 5.74) is 1.07. The van der Waals surface area contributed by atoms with Crippen LogP contribution >= 0.6 is 0 Å². The van der Waals surface area contributed by atoms with Crippen LogP contribution in [0.3, 0.4) is 0 Å². The molecule has 0 saturated carbocycles. The number of anilines is 1. The third kappa shape index (κ3) is 3.05. The van der Waals surface area contributed by atoms with E-state index in [9.17, 15) is 9.90 Å². The smallest absolute Gasteiger partial charge is 0.255 e. The summed E-state index contributed by atoms with van der Waals surface area (Å²) >= 11 is 0. The number of hydrogen-bond donors (Lipinski definition) is 2. The zero-order valence-electron chi connectivity index (χ0n) is 13.9. The molecular formula is C19H21N3O3. The van der Waals surface area contributed by atoms with Gasteiger partial charge in [0.1, 0.15) is 17.2 Å². The van der Waals surface area contributed by atoms with Crippen LogP contribution in [0, 0.1) is 0 Å². The van der Waals surface area contributed by atoms with Crippen molar-refractivity contribution in [3.8, 4) is 5.75 Å². The minimum absolute atomic E-state index is 0.0131. The molecule has 1 amide bonds. The van der Waals surface area contributed by atoms with E-state index in [-0.39, 0.29) is 18.1 Å². The summed E-state index contributed by atoms with van der Waals surface area (Å²) < 4.78 is 6.31. The molecule has 6 nitrogen and oxygen atoms in total. The molecule has 2 aliphatic rings. The maximum atomic E-state index is 12.3. The number of piperidine rings is 1. The molecule has 0 atom stereocenters. The van der Waals surface area contributed by atoms with Gasteiger partial charge < -0.3 is 20.1 Å². The number of aliphatic hydroxyl groups excluding tert-OH is 1. The molecular weight excluding hydrogens is 318 g/mol. The highest BCUT2D eigenvalue weighted by Gasteiger charge is 2.40. The highest BCUT2D eigenvalue weighted by molar-refractivity contribution is 5.97. The molecule has 2 aromatic rings. The van der Waals surface area contributed by atoms with Crippen molar-refractivity contribution in [3.63, 3.8) is 0 Å². The summed E-state index contributed by atoms with van der Waals surface area (Å²) in [6.45, 7) is 2.11. The second kappa shape index (κ2) is 6.37. The Morgan fingerprint density at radius 2 is 2.04 bits per heavy atom. The SMILES string of the molecule is O=C1NCC2(CCN(c3cc(CO)ccn3)CC2)Oc2ccccc21. The van der Waals surface area contributed by atoms with Gasteiger partial charge in [0.05, 0.1) is 18.7 Å². The zero-order valence-corrected chi connectivity index (χ0v) is 13.9. The first-order valence-electron chi connectivity index (χ1n) is 8.56. The average molecular weight is 339 g/mol. The van der Waals surface area contributed by atoms with Crippen LogP contribution in [-0.4, -0.2) is 41.2 Å². The monoisotopic (exact) mass is 339 g/mol. The van der Waals surface area contributed by atoms with Crippen LogP contribution < -0.4 is 15.0 Å². The lowest BCUT2D eigenvalue weighted by Gasteiger charge is -2.41. The van der Waals surface area contributed by atoms with Crippen LogP contribution in [-0.2, 0) is 6.61 Å². The van der Waals surface area contributed by atoms with Crippen LogP contribution in [0.2, 0.25) is 0 Å². The van der Waals surface area contributed by atoms with Gasteiger partial charge in [-0.15, -0.1) is 0 Å². The first kappa shape index (κ1) is 15.9. The van der Waals surface area contributed by atoms with Gasteiger partial charge in [0.25, 0.3) is 5.91 Å². The van der Waals surface area contributed by atoms with Crippen molar-refractivity contribution in [1.29, 1.82) is 0 Å². The number of ether oxygens (including phenoxy) is 1. The van der Waals surface area contributed by atoms with E-state index in [0.717, 1.165) is 37.3 Å². The number of hydrogen-bond acceptors (Lipinski definition) is 5. The zero-order chi connectivity index (χ0) is 17.3. The molecule has 1 spiro atoms. The fourth-order valence-corrected chi connectivity index (χ4v) is 3.50. The van der Waals surface area contributed by atoms with Crippen LogP contribution in [0.4, 0.5) is 5.82 Å². The lowest BCUT2D eigenvalue weighted by Crippen LogP contribution is -2.53. The first-order chi connectivity index (χ1) is 12.2. The number of benzene rings is 1. The Kier molecular flexibility index (Phi) is 4.05. The van der Waals surface area contributed by atoms with Crippen molar-refractivity contribution >= 4 is 11.7 Å². The van der Waals surface area contributed by atoms with E-state index in [4.69, 9.17) is 4.74 Å². The van der Waals surface area contributed by atoms with Crippen LogP contribution in [0.5, 0.6) is 5.75 Å². The van der Waals surface area contributed by atoms with Crippen LogP contribution in [0.25, 0.3) is 0 Å². The summed E-state index contributed by atoms with van der Waals surface area (Å²) in [4.78, 5) is 18.9. The highest BCUT2D eigenvalue weighted by atomic mass is 16.5. The molecule has 1 fully saturated rings. The van der Waals surface area contributed by atoms with E-state index < -0.39 is 0 Å². The summed E-state index contributed by atoms with van der Waals surface area (Å²) in [7, 11) is 0. The predicted molar refractivity (Wildman–Crippen MR) is 93.7 cm³/mol. The Hall–Kier alpha value is -2.60. The molecule has 0 unspecified atom stereocenters. The van der Waals surface area contributed by atoms with Crippen LogP contribution in [0.15, 0.2) is 42.6 Å². The molecule has 3 heterocycles. The van der Waals surface area contributed by atoms with E-state index in [2.05, 4.69) is 15.2 Å². The second-order valence-electron chi connectivity index (χ2n) is 6.63. The summed E-state index contributed by atoms with van der Waals surface area (Å²) in [6.07, 6.45) is 3.32.